The van der Waals surface area contributed by atoms with Gasteiger partial charge in [0, 0.05) is 13.3 Å². The minimum atomic E-state index is -3.85. The molecular formula is C14H18N4O4S2. The number of methoxy groups -OCH3 is 1. The topological polar surface area (TPSA) is 110 Å². The number of ether oxygens (including phenoxy) is 1. The second kappa shape index (κ2) is 7.58. The summed E-state index contributed by atoms with van der Waals surface area (Å²) in [6.45, 7) is 3.33. The lowest BCUT2D eigenvalue weighted by Crippen LogP contribution is -2.14. The third-order valence-electron chi connectivity index (χ3n) is 2.94. The van der Waals surface area contributed by atoms with E-state index in [0.29, 0.717) is 5.75 Å². The average Bonchev–Trinajstić information content (AvgIpc) is 2.93. The molecule has 1 heterocycles. The lowest BCUT2D eigenvalue weighted by molar-refractivity contribution is -0.114. The van der Waals surface area contributed by atoms with Crippen LogP contribution in [0.25, 0.3) is 0 Å². The van der Waals surface area contributed by atoms with Crippen molar-refractivity contribution in [2.45, 2.75) is 31.6 Å². The molecule has 0 unspecified atom stereocenters. The van der Waals surface area contributed by atoms with Crippen LogP contribution < -0.4 is 14.8 Å². The molecule has 0 fully saturated rings. The summed E-state index contributed by atoms with van der Waals surface area (Å²) in [5.74, 6) is 0.0365. The van der Waals surface area contributed by atoms with E-state index in [1.54, 1.807) is 0 Å². The van der Waals surface area contributed by atoms with Gasteiger partial charge < -0.3 is 10.1 Å². The highest BCUT2D eigenvalue weighted by molar-refractivity contribution is 7.93. The lowest BCUT2D eigenvalue weighted by Gasteiger charge is -2.11. The van der Waals surface area contributed by atoms with Crippen LogP contribution in [0.4, 0.5) is 10.8 Å². The summed E-state index contributed by atoms with van der Waals surface area (Å²) in [5, 5.41) is 11.3. The number of amides is 1. The van der Waals surface area contributed by atoms with E-state index < -0.39 is 10.0 Å². The molecule has 2 N–H and O–H groups in total. The normalized spacial score (nSPS) is 11.1. The van der Waals surface area contributed by atoms with Crippen molar-refractivity contribution < 1.29 is 17.9 Å². The van der Waals surface area contributed by atoms with Crippen molar-refractivity contribution in [3.8, 4) is 5.75 Å². The Hall–Kier alpha value is -2.20. The molecule has 0 saturated heterocycles. The number of carbonyl (C=O) groups excluding carboxylic acids is 1. The SMILES string of the molecule is CCCc1nnc(NS(=O)(=O)c2ccc(OC)c(NC(C)=O)c2)s1. The zero-order chi connectivity index (χ0) is 17.7. The van der Waals surface area contributed by atoms with E-state index in [1.807, 2.05) is 6.92 Å². The van der Waals surface area contributed by atoms with Crippen LogP contribution in [-0.2, 0) is 21.2 Å². The molecule has 0 atom stereocenters. The lowest BCUT2D eigenvalue weighted by atomic mass is 10.3. The van der Waals surface area contributed by atoms with Gasteiger partial charge in [-0.3, -0.25) is 9.52 Å². The van der Waals surface area contributed by atoms with Crippen molar-refractivity contribution in [3.63, 3.8) is 0 Å². The van der Waals surface area contributed by atoms with Crippen LogP contribution in [0.3, 0.4) is 0 Å². The molecule has 2 rings (SSSR count). The summed E-state index contributed by atoms with van der Waals surface area (Å²) in [6, 6.07) is 4.19. The summed E-state index contributed by atoms with van der Waals surface area (Å²) >= 11 is 1.19. The van der Waals surface area contributed by atoms with E-state index in [9.17, 15) is 13.2 Å². The predicted molar refractivity (Wildman–Crippen MR) is 92.0 cm³/mol. The Bertz CT molecular complexity index is 833. The van der Waals surface area contributed by atoms with Crippen LogP contribution in [0.1, 0.15) is 25.3 Å². The summed E-state index contributed by atoms with van der Waals surface area (Å²) in [7, 11) is -2.41. The van der Waals surface area contributed by atoms with Crippen molar-refractivity contribution in [1.82, 2.24) is 10.2 Å². The maximum absolute atomic E-state index is 12.5. The van der Waals surface area contributed by atoms with E-state index >= 15 is 0 Å². The Balaban J connectivity index is 2.29. The first-order chi connectivity index (χ1) is 11.4. The van der Waals surface area contributed by atoms with Crippen LogP contribution >= 0.6 is 11.3 Å². The molecule has 0 bridgehead atoms. The number of hydrogen-bond acceptors (Lipinski definition) is 7. The van der Waals surface area contributed by atoms with Gasteiger partial charge >= 0.3 is 0 Å². The van der Waals surface area contributed by atoms with E-state index in [4.69, 9.17) is 4.74 Å². The summed E-state index contributed by atoms with van der Waals surface area (Å²) < 4.78 is 32.5. The highest BCUT2D eigenvalue weighted by atomic mass is 32.2. The minimum Gasteiger partial charge on any atom is -0.495 e. The largest absolute Gasteiger partial charge is 0.495 e. The number of aryl methyl sites for hydroxylation is 1. The van der Waals surface area contributed by atoms with Crippen LogP contribution in [0.5, 0.6) is 5.75 Å². The van der Waals surface area contributed by atoms with Gasteiger partial charge in [-0.2, -0.15) is 0 Å². The number of aromatic nitrogens is 2. The number of nitrogens with zero attached hydrogens (tertiary/aromatic N) is 2. The van der Waals surface area contributed by atoms with Crippen LogP contribution in [0, 0.1) is 0 Å². The molecule has 130 valence electrons. The number of hydrogen-bond donors (Lipinski definition) is 2. The fourth-order valence-electron chi connectivity index (χ4n) is 1.93. The number of benzene rings is 1. The fourth-order valence-corrected chi connectivity index (χ4v) is 4.02. The molecule has 2 aromatic rings. The smallest absolute Gasteiger partial charge is 0.263 e. The summed E-state index contributed by atoms with van der Waals surface area (Å²) in [4.78, 5) is 11.2. The fraction of sp³-hybridized carbons (Fsp3) is 0.357. The Morgan fingerprint density at radius 2 is 2.08 bits per heavy atom. The highest BCUT2D eigenvalue weighted by Gasteiger charge is 2.19. The number of rotatable bonds is 7. The van der Waals surface area contributed by atoms with Gasteiger partial charge in [0.2, 0.25) is 11.0 Å². The highest BCUT2D eigenvalue weighted by Crippen LogP contribution is 2.29. The molecule has 1 amide bonds. The monoisotopic (exact) mass is 370 g/mol. The molecule has 24 heavy (non-hydrogen) atoms. The molecule has 0 aliphatic rings. The van der Waals surface area contributed by atoms with Gasteiger partial charge in [0.25, 0.3) is 10.0 Å². The third-order valence-corrected chi connectivity index (χ3v) is 5.31. The second-order valence-corrected chi connectivity index (χ2v) is 7.64. The van der Waals surface area contributed by atoms with Gasteiger partial charge in [-0.05, 0) is 24.6 Å². The maximum Gasteiger partial charge on any atom is 0.263 e. The number of nitrogens with one attached hydrogen (secondary N) is 2. The van der Waals surface area contributed by atoms with Crippen molar-refractivity contribution in [3.05, 3.63) is 23.2 Å². The Kier molecular flexibility index (Phi) is 5.73. The van der Waals surface area contributed by atoms with Crippen LogP contribution in [0.15, 0.2) is 23.1 Å². The van der Waals surface area contributed by atoms with Crippen molar-refractivity contribution >= 4 is 38.1 Å². The number of sulfonamides is 1. The van der Waals surface area contributed by atoms with Gasteiger partial charge in [-0.1, -0.05) is 18.3 Å². The van der Waals surface area contributed by atoms with Crippen molar-refractivity contribution in [2.75, 3.05) is 17.1 Å². The Morgan fingerprint density at radius 3 is 2.71 bits per heavy atom. The van der Waals surface area contributed by atoms with E-state index in [0.717, 1.165) is 17.8 Å². The zero-order valence-electron chi connectivity index (χ0n) is 13.5. The predicted octanol–water partition coefficient (Wildman–Crippen LogP) is 2.26. The van der Waals surface area contributed by atoms with Gasteiger partial charge in [0.1, 0.15) is 10.8 Å². The molecule has 0 aliphatic heterocycles. The molecule has 8 nitrogen and oxygen atoms in total. The summed E-state index contributed by atoms with van der Waals surface area (Å²) in [6.07, 6.45) is 1.65. The molecule has 0 spiro atoms. The van der Waals surface area contributed by atoms with Crippen molar-refractivity contribution in [2.24, 2.45) is 0 Å². The molecule has 0 radical (unpaired) electrons. The minimum absolute atomic E-state index is 0.0145. The third kappa shape index (κ3) is 4.42. The van der Waals surface area contributed by atoms with Crippen LogP contribution in [-0.4, -0.2) is 31.6 Å². The molecule has 1 aromatic heterocycles. The number of carbonyl (C=O) groups is 1. The zero-order valence-corrected chi connectivity index (χ0v) is 15.1. The molecule has 10 heteroatoms. The molecule has 0 saturated carbocycles. The van der Waals surface area contributed by atoms with Crippen LogP contribution in [0.2, 0.25) is 0 Å². The number of anilines is 2. The van der Waals surface area contributed by atoms with Gasteiger partial charge in [0.15, 0.2) is 0 Å². The van der Waals surface area contributed by atoms with Crippen molar-refractivity contribution in [1.29, 1.82) is 0 Å². The Morgan fingerprint density at radius 1 is 1.33 bits per heavy atom. The van der Waals surface area contributed by atoms with Gasteiger partial charge in [-0.15, -0.1) is 10.2 Å². The quantitative estimate of drug-likeness (QED) is 0.773. The maximum atomic E-state index is 12.5. The average molecular weight is 370 g/mol. The first-order valence-electron chi connectivity index (χ1n) is 7.16. The molecule has 1 aromatic carbocycles. The summed E-state index contributed by atoms with van der Waals surface area (Å²) in [5.41, 5.74) is 0.275. The first-order valence-corrected chi connectivity index (χ1v) is 9.46. The second-order valence-electron chi connectivity index (χ2n) is 4.90. The van der Waals surface area contributed by atoms with E-state index in [2.05, 4.69) is 20.2 Å². The van der Waals surface area contributed by atoms with Gasteiger partial charge in [-0.25, -0.2) is 8.42 Å². The van der Waals surface area contributed by atoms with Gasteiger partial charge in [0.05, 0.1) is 17.7 Å². The molecule has 0 aliphatic carbocycles. The van der Waals surface area contributed by atoms with E-state index in [1.165, 1.54) is 43.6 Å². The van der Waals surface area contributed by atoms with E-state index in [-0.39, 0.29) is 21.6 Å². The first kappa shape index (κ1) is 18.1. The Labute approximate surface area is 144 Å². The standard InChI is InChI=1S/C14H18N4O4S2/c1-4-5-13-16-17-14(23-13)18-24(20,21)10-6-7-12(22-3)11(8-10)15-9(2)19/h6-8H,4-5H2,1-3H3,(H,15,19)(H,17,18). The molecular weight excluding hydrogens is 352 g/mol.